The van der Waals surface area contributed by atoms with Crippen LogP contribution in [0.5, 0.6) is 0 Å². The maximum atomic E-state index is 13.4. The van der Waals surface area contributed by atoms with E-state index in [1.807, 2.05) is 18.2 Å². The molecular formula is C22H27N5O2S2. The first-order chi connectivity index (χ1) is 15.0. The van der Waals surface area contributed by atoms with Gasteiger partial charge in [0.25, 0.3) is 11.5 Å². The SMILES string of the molecule is CCCCN1C(=O)/C(=C/c2c(N3CCN(CC)CC3)nc3ccccn3c2=O)SC1=S. The van der Waals surface area contributed by atoms with Crippen LogP contribution in [0.25, 0.3) is 11.7 Å². The van der Waals surface area contributed by atoms with Crippen LogP contribution < -0.4 is 10.5 Å². The van der Waals surface area contributed by atoms with Crippen molar-refractivity contribution in [3.8, 4) is 0 Å². The van der Waals surface area contributed by atoms with E-state index in [1.54, 1.807) is 17.2 Å². The number of aromatic nitrogens is 2. The van der Waals surface area contributed by atoms with Gasteiger partial charge in [0.2, 0.25) is 0 Å². The van der Waals surface area contributed by atoms with Crippen molar-refractivity contribution >= 4 is 51.7 Å². The summed E-state index contributed by atoms with van der Waals surface area (Å²) in [5, 5.41) is 0. The Morgan fingerprint density at radius 3 is 2.65 bits per heavy atom. The highest BCUT2D eigenvalue weighted by atomic mass is 32.2. The van der Waals surface area contributed by atoms with Crippen LogP contribution in [0.15, 0.2) is 34.1 Å². The summed E-state index contributed by atoms with van der Waals surface area (Å²) in [4.78, 5) is 37.9. The van der Waals surface area contributed by atoms with Crippen molar-refractivity contribution in [1.29, 1.82) is 0 Å². The fourth-order valence-corrected chi connectivity index (χ4v) is 5.16. The van der Waals surface area contributed by atoms with Gasteiger partial charge in [0.05, 0.1) is 10.5 Å². The summed E-state index contributed by atoms with van der Waals surface area (Å²) in [6, 6.07) is 5.52. The van der Waals surface area contributed by atoms with Crippen LogP contribution in [0.4, 0.5) is 5.82 Å². The molecule has 0 spiro atoms. The van der Waals surface area contributed by atoms with E-state index in [0.29, 0.717) is 32.8 Å². The molecule has 1 amide bonds. The van der Waals surface area contributed by atoms with Crippen LogP contribution in [0, 0.1) is 0 Å². The van der Waals surface area contributed by atoms with Gasteiger partial charge in [-0.1, -0.05) is 50.3 Å². The van der Waals surface area contributed by atoms with Crippen molar-refractivity contribution in [2.75, 3.05) is 44.2 Å². The summed E-state index contributed by atoms with van der Waals surface area (Å²) in [6.07, 6.45) is 5.29. The fourth-order valence-electron chi connectivity index (χ4n) is 3.87. The van der Waals surface area contributed by atoms with Gasteiger partial charge in [0, 0.05) is 38.9 Å². The van der Waals surface area contributed by atoms with Gasteiger partial charge in [0.1, 0.15) is 15.8 Å². The molecule has 0 atom stereocenters. The number of thioether (sulfide) groups is 1. The van der Waals surface area contributed by atoms with E-state index in [9.17, 15) is 9.59 Å². The predicted octanol–water partition coefficient (Wildman–Crippen LogP) is 2.84. The summed E-state index contributed by atoms with van der Waals surface area (Å²) >= 11 is 6.70. The van der Waals surface area contributed by atoms with Crippen molar-refractivity contribution in [1.82, 2.24) is 19.2 Å². The van der Waals surface area contributed by atoms with Crippen LogP contribution in [0.1, 0.15) is 32.3 Å². The average molecular weight is 458 g/mol. The summed E-state index contributed by atoms with van der Waals surface area (Å²) in [6.45, 7) is 9.29. The summed E-state index contributed by atoms with van der Waals surface area (Å²) in [5.74, 6) is 0.522. The zero-order valence-electron chi connectivity index (χ0n) is 17.9. The molecule has 0 unspecified atom stereocenters. The van der Waals surface area contributed by atoms with Crippen molar-refractivity contribution in [2.45, 2.75) is 26.7 Å². The lowest BCUT2D eigenvalue weighted by molar-refractivity contribution is -0.122. The van der Waals surface area contributed by atoms with Gasteiger partial charge < -0.3 is 9.80 Å². The van der Waals surface area contributed by atoms with Crippen molar-refractivity contribution in [3.05, 3.63) is 45.2 Å². The van der Waals surface area contributed by atoms with E-state index in [-0.39, 0.29) is 11.5 Å². The first-order valence-electron chi connectivity index (χ1n) is 10.8. The number of fused-ring (bicyclic) bond motifs is 1. The molecule has 2 saturated heterocycles. The molecule has 0 N–H and O–H groups in total. The quantitative estimate of drug-likeness (QED) is 0.488. The number of hydrogen-bond acceptors (Lipinski definition) is 7. The number of carbonyl (C=O) groups excluding carboxylic acids is 1. The Labute approximate surface area is 191 Å². The Balaban J connectivity index is 1.77. The molecule has 0 bridgehead atoms. The van der Waals surface area contributed by atoms with Crippen LogP contribution in [0.3, 0.4) is 0 Å². The van der Waals surface area contributed by atoms with Crippen molar-refractivity contribution in [3.63, 3.8) is 0 Å². The Morgan fingerprint density at radius 1 is 1.16 bits per heavy atom. The number of likely N-dealkylation sites (N-methyl/N-ethyl adjacent to an activating group) is 1. The number of thiocarbonyl (C=S) groups is 1. The van der Waals surface area contributed by atoms with Crippen LogP contribution in [0.2, 0.25) is 0 Å². The molecule has 0 saturated carbocycles. The lowest BCUT2D eigenvalue weighted by atomic mass is 10.2. The Hall–Kier alpha value is -2.23. The highest BCUT2D eigenvalue weighted by Gasteiger charge is 2.32. The van der Waals surface area contributed by atoms with E-state index < -0.39 is 0 Å². The highest BCUT2D eigenvalue weighted by Crippen LogP contribution is 2.33. The van der Waals surface area contributed by atoms with Gasteiger partial charge in [-0.05, 0) is 31.2 Å². The zero-order chi connectivity index (χ0) is 22.0. The number of hydrogen-bond donors (Lipinski definition) is 0. The molecule has 164 valence electrons. The first-order valence-corrected chi connectivity index (χ1v) is 12.0. The Kier molecular flexibility index (Phi) is 6.74. The maximum Gasteiger partial charge on any atom is 0.267 e. The number of carbonyl (C=O) groups is 1. The highest BCUT2D eigenvalue weighted by molar-refractivity contribution is 8.26. The molecule has 2 aliphatic rings. The number of unbranched alkanes of at least 4 members (excludes halogenated alkanes) is 1. The molecule has 9 heteroatoms. The molecule has 0 aromatic carbocycles. The third-order valence-corrected chi connectivity index (χ3v) is 7.13. The standard InChI is InChI=1S/C22H27N5O2S2/c1-3-5-9-27-21(29)17(31-22(27)30)15-16-19(25-13-11-24(4-2)12-14-25)23-18-8-6-7-10-26(18)20(16)28/h6-8,10,15H,3-5,9,11-14H2,1-2H3/b17-15-. The second-order valence-electron chi connectivity index (χ2n) is 7.69. The molecule has 4 rings (SSSR count). The van der Waals surface area contributed by atoms with Crippen molar-refractivity contribution < 1.29 is 4.79 Å². The summed E-state index contributed by atoms with van der Waals surface area (Å²) in [5.41, 5.74) is 0.884. The fraction of sp³-hybridized carbons (Fsp3) is 0.455. The first kappa shape index (κ1) is 22.0. The van der Waals surface area contributed by atoms with Crippen LogP contribution in [-0.4, -0.2) is 68.7 Å². The smallest absolute Gasteiger partial charge is 0.267 e. The van der Waals surface area contributed by atoms with Gasteiger partial charge >= 0.3 is 0 Å². The number of amides is 1. The minimum absolute atomic E-state index is 0.122. The van der Waals surface area contributed by atoms with Crippen LogP contribution >= 0.6 is 24.0 Å². The van der Waals surface area contributed by atoms with E-state index in [2.05, 4.69) is 23.6 Å². The maximum absolute atomic E-state index is 13.4. The average Bonchev–Trinajstić information content (AvgIpc) is 3.06. The Morgan fingerprint density at radius 2 is 1.94 bits per heavy atom. The number of rotatable bonds is 6. The lowest BCUT2D eigenvalue weighted by Crippen LogP contribution is -2.47. The van der Waals surface area contributed by atoms with Gasteiger partial charge in [-0.2, -0.15) is 0 Å². The number of anilines is 1. The zero-order valence-corrected chi connectivity index (χ0v) is 19.5. The third-order valence-electron chi connectivity index (χ3n) is 5.75. The minimum atomic E-state index is -0.169. The van der Waals surface area contributed by atoms with E-state index in [4.69, 9.17) is 17.2 Å². The molecule has 31 heavy (non-hydrogen) atoms. The molecule has 4 heterocycles. The number of piperazine rings is 1. The molecule has 2 fully saturated rings. The van der Waals surface area contributed by atoms with Gasteiger partial charge in [-0.3, -0.25) is 18.9 Å². The van der Waals surface area contributed by atoms with Crippen molar-refractivity contribution in [2.24, 2.45) is 0 Å². The Bertz CT molecular complexity index is 1090. The van der Waals surface area contributed by atoms with Gasteiger partial charge in [-0.25, -0.2) is 4.98 Å². The molecule has 7 nitrogen and oxygen atoms in total. The largest absolute Gasteiger partial charge is 0.353 e. The normalized spacial score (nSPS) is 19.2. The second kappa shape index (κ2) is 9.50. The van der Waals surface area contributed by atoms with Gasteiger partial charge in [-0.15, -0.1) is 0 Å². The molecule has 2 aromatic heterocycles. The lowest BCUT2D eigenvalue weighted by Gasteiger charge is -2.35. The summed E-state index contributed by atoms with van der Waals surface area (Å²) < 4.78 is 2.09. The molecule has 2 aliphatic heterocycles. The third kappa shape index (κ3) is 4.40. The second-order valence-corrected chi connectivity index (χ2v) is 9.37. The summed E-state index contributed by atoms with van der Waals surface area (Å²) in [7, 11) is 0. The molecule has 0 aliphatic carbocycles. The topological polar surface area (TPSA) is 61.2 Å². The number of nitrogens with zero attached hydrogens (tertiary/aromatic N) is 5. The van der Waals surface area contributed by atoms with E-state index in [0.717, 1.165) is 45.6 Å². The minimum Gasteiger partial charge on any atom is -0.353 e. The van der Waals surface area contributed by atoms with Gasteiger partial charge in [0.15, 0.2) is 0 Å². The molecule has 0 radical (unpaired) electrons. The van der Waals surface area contributed by atoms with E-state index >= 15 is 0 Å². The van der Waals surface area contributed by atoms with Crippen LogP contribution in [-0.2, 0) is 4.79 Å². The monoisotopic (exact) mass is 457 g/mol. The predicted molar refractivity (Wildman–Crippen MR) is 131 cm³/mol. The number of pyridine rings is 1. The molecular weight excluding hydrogens is 430 g/mol. The van der Waals surface area contributed by atoms with E-state index in [1.165, 1.54) is 16.2 Å². The molecule has 2 aromatic rings.